The van der Waals surface area contributed by atoms with Crippen LogP contribution >= 0.6 is 0 Å². The number of carboxylic acid groups (broad SMARTS) is 1. The van der Waals surface area contributed by atoms with E-state index in [0.29, 0.717) is 13.1 Å². The van der Waals surface area contributed by atoms with Crippen molar-refractivity contribution in [3.05, 3.63) is 0 Å². The van der Waals surface area contributed by atoms with Crippen LogP contribution < -0.4 is 10.6 Å². The van der Waals surface area contributed by atoms with E-state index >= 15 is 0 Å². The maximum atomic E-state index is 11.8. The van der Waals surface area contributed by atoms with Crippen LogP contribution in [0.15, 0.2) is 0 Å². The third-order valence-corrected chi connectivity index (χ3v) is 3.62. The van der Waals surface area contributed by atoms with E-state index in [1.165, 1.54) is 0 Å². The number of amides is 2. The molecule has 0 bridgehead atoms. The van der Waals surface area contributed by atoms with Gasteiger partial charge in [0.05, 0.1) is 11.8 Å². The normalized spacial score (nSPS) is 23.8. The number of hydrogen-bond acceptors (Lipinski definition) is 3. The summed E-state index contributed by atoms with van der Waals surface area (Å²) in [5, 5.41) is 14.3. The van der Waals surface area contributed by atoms with Crippen LogP contribution in [0.4, 0.5) is 0 Å². The Labute approximate surface area is 112 Å². The first-order chi connectivity index (χ1) is 8.69. The molecule has 1 aliphatic carbocycles. The maximum absolute atomic E-state index is 11.8. The number of hydrogen-bond donors (Lipinski definition) is 3. The zero-order chi connectivity index (χ0) is 14.8. The molecule has 19 heavy (non-hydrogen) atoms. The van der Waals surface area contributed by atoms with Crippen LogP contribution in [0.2, 0.25) is 0 Å². The molecule has 108 valence electrons. The summed E-state index contributed by atoms with van der Waals surface area (Å²) in [6, 6.07) is 0. The van der Waals surface area contributed by atoms with E-state index in [9.17, 15) is 14.4 Å². The molecule has 3 N–H and O–H groups in total. The van der Waals surface area contributed by atoms with Crippen LogP contribution in [0, 0.1) is 23.2 Å². The van der Waals surface area contributed by atoms with Gasteiger partial charge < -0.3 is 15.7 Å². The van der Waals surface area contributed by atoms with E-state index in [-0.39, 0.29) is 17.7 Å². The van der Waals surface area contributed by atoms with Gasteiger partial charge in [0.15, 0.2) is 0 Å². The van der Waals surface area contributed by atoms with Crippen molar-refractivity contribution in [2.45, 2.75) is 27.7 Å². The van der Waals surface area contributed by atoms with Gasteiger partial charge in [-0.3, -0.25) is 14.4 Å². The van der Waals surface area contributed by atoms with Crippen LogP contribution in [0.1, 0.15) is 27.7 Å². The molecule has 1 saturated carbocycles. The molecule has 0 saturated heterocycles. The summed E-state index contributed by atoms with van der Waals surface area (Å²) in [5.74, 6) is -2.43. The van der Waals surface area contributed by atoms with Gasteiger partial charge in [0.2, 0.25) is 11.8 Å². The third-order valence-electron chi connectivity index (χ3n) is 3.62. The van der Waals surface area contributed by atoms with Crippen molar-refractivity contribution in [2.75, 3.05) is 13.1 Å². The van der Waals surface area contributed by atoms with E-state index < -0.39 is 23.2 Å². The van der Waals surface area contributed by atoms with Gasteiger partial charge in [-0.25, -0.2) is 0 Å². The summed E-state index contributed by atoms with van der Waals surface area (Å²) in [6.07, 6.45) is 0. The van der Waals surface area contributed by atoms with Crippen molar-refractivity contribution < 1.29 is 19.5 Å². The Bertz CT molecular complexity index is 390. The van der Waals surface area contributed by atoms with Gasteiger partial charge in [0, 0.05) is 19.0 Å². The van der Waals surface area contributed by atoms with E-state index in [2.05, 4.69) is 10.6 Å². The molecule has 1 fully saturated rings. The van der Waals surface area contributed by atoms with Crippen LogP contribution in [0.25, 0.3) is 0 Å². The molecule has 0 unspecified atom stereocenters. The second-order valence-electron chi connectivity index (χ2n) is 5.85. The molecule has 1 rings (SSSR count). The second kappa shape index (κ2) is 5.59. The average molecular weight is 270 g/mol. The smallest absolute Gasteiger partial charge is 0.307 e. The fourth-order valence-corrected chi connectivity index (χ4v) is 2.27. The molecule has 6 heteroatoms. The van der Waals surface area contributed by atoms with E-state index in [0.717, 1.165) is 0 Å². The first-order valence-corrected chi connectivity index (χ1v) is 6.47. The summed E-state index contributed by atoms with van der Waals surface area (Å²) >= 11 is 0. The standard InChI is InChI=1S/C13H22N2O4/c1-7(2)10(16)14-5-6-15-11(17)8-9(12(18)19)13(8,3)4/h7-9H,5-6H2,1-4H3,(H,14,16)(H,15,17)(H,18,19)/t8-,9+/m1/s1. The monoisotopic (exact) mass is 270 g/mol. The number of carbonyl (C=O) groups is 3. The topological polar surface area (TPSA) is 95.5 Å². The largest absolute Gasteiger partial charge is 0.481 e. The van der Waals surface area contributed by atoms with Gasteiger partial charge >= 0.3 is 5.97 Å². The highest BCUT2D eigenvalue weighted by Crippen LogP contribution is 2.58. The number of rotatable bonds is 6. The van der Waals surface area contributed by atoms with Gasteiger partial charge in [0.25, 0.3) is 0 Å². The number of aliphatic carboxylic acids is 1. The van der Waals surface area contributed by atoms with Crippen LogP contribution in [0.3, 0.4) is 0 Å². The van der Waals surface area contributed by atoms with E-state index in [4.69, 9.17) is 5.11 Å². The summed E-state index contributed by atoms with van der Waals surface area (Å²) in [4.78, 5) is 34.1. The van der Waals surface area contributed by atoms with Crippen molar-refractivity contribution in [3.63, 3.8) is 0 Å². The summed E-state index contributed by atoms with van der Waals surface area (Å²) in [7, 11) is 0. The molecular weight excluding hydrogens is 248 g/mol. The highest BCUT2D eigenvalue weighted by Gasteiger charge is 2.65. The molecule has 2 atom stereocenters. The van der Waals surface area contributed by atoms with Crippen molar-refractivity contribution in [1.82, 2.24) is 10.6 Å². The molecule has 0 aromatic rings. The molecular formula is C13H22N2O4. The Morgan fingerprint density at radius 1 is 1.11 bits per heavy atom. The zero-order valence-corrected chi connectivity index (χ0v) is 11.8. The molecule has 6 nitrogen and oxygen atoms in total. The van der Waals surface area contributed by atoms with Gasteiger partial charge in [0.1, 0.15) is 0 Å². The Hall–Kier alpha value is -1.59. The molecule has 0 heterocycles. The molecule has 2 amide bonds. The summed E-state index contributed by atoms with van der Waals surface area (Å²) < 4.78 is 0. The summed E-state index contributed by atoms with van der Waals surface area (Å²) in [6.45, 7) is 7.80. The van der Waals surface area contributed by atoms with E-state index in [1.54, 1.807) is 27.7 Å². The predicted octanol–water partition coefficient (Wildman–Crippen LogP) is 0.232. The lowest BCUT2D eigenvalue weighted by Gasteiger charge is -2.09. The Kier molecular flexibility index (Phi) is 4.55. The fourth-order valence-electron chi connectivity index (χ4n) is 2.27. The van der Waals surface area contributed by atoms with Crippen LogP contribution in [-0.4, -0.2) is 36.0 Å². The summed E-state index contributed by atoms with van der Waals surface area (Å²) in [5.41, 5.74) is -0.489. The van der Waals surface area contributed by atoms with E-state index in [1.807, 2.05) is 0 Å². The highest BCUT2D eigenvalue weighted by molar-refractivity contribution is 5.91. The molecule has 0 aromatic heterocycles. The van der Waals surface area contributed by atoms with Crippen LogP contribution in [0.5, 0.6) is 0 Å². The minimum Gasteiger partial charge on any atom is -0.481 e. The van der Waals surface area contributed by atoms with Crippen LogP contribution in [-0.2, 0) is 14.4 Å². The second-order valence-corrected chi connectivity index (χ2v) is 5.85. The highest BCUT2D eigenvalue weighted by atomic mass is 16.4. The first-order valence-electron chi connectivity index (χ1n) is 6.47. The van der Waals surface area contributed by atoms with Crippen molar-refractivity contribution >= 4 is 17.8 Å². The third kappa shape index (κ3) is 3.45. The van der Waals surface area contributed by atoms with Gasteiger partial charge in [-0.05, 0) is 5.41 Å². The fraction of sp³-hybridized carbons (Fsp3) is 0.769. The van der Waals surface area contributed by atoms with Gasteiger partial charge in [-0.1, -0.05) is 27.7 Å². The van der Waals surface area contributed by atoms with Gasteiger partial charge in [-0.15, -0.1) is 0 Å². The minimum absolute atomic E-state index is 0.0654. The Balaban J connectivity index is 2.30. The predicted molar refractivity (Wildman–Crippen MR) is 69.3 cm³/mol. The molecule has 0 radical (unpaired) electrons. The Morgan fingerprint density at radius 2 is 1.63 bits per heavy atom. The molecule has 0 aliphatic heterocycles. The Morgan fingerprint density at radius 3 is 2.05 bits per heavy atom. The molecule has 0 spiro atoms. The SMILES string of the molecule is CC(C)C(=O)NCCNC(=O)[C@H]1[C@@H](C(=O)O)C1(C)C. The number of carbonyl (C=O) groups excluding carboxylic acids is 2. The lowest BCUT2D eigenvalue weighted by molar-refractivity contribution is -0.140. The molecule has 0 aromatic carbocycles. The number of carboxylic acids is 1. The first kappa shape index (κ1) is 15.5. The lowest BCUT2D eigenvalue weighted by atomic mass is 10.1. The van der Waals surface area contributed by atoms with Crippen molar-refractivity contribution in [1.29, 1.82) is 0 Å². The number of nitrogens with one attached hydrogen (secondary N) is 2. The zero-order valence-electron chi connectivity index (χ0n) is 11.8. The maximum Gasteiger partial charge on any atom is 0.307 e. The van der Waals surface area contributed by atoms with Crippen molar-refractivity contribution in [2.24, 2.45) is 23.2 Å². The quantitative estimate of drug-likeness (QED) is 0.602. The van der Waals surface area contributed by atoms with Gasteiger partial charge in [-0.2, -0.15) is 0 Å². The average Bonchev–Trinajstić information content (AvgIpc) is 2.87. The van der Waals surface area contributed by atoms with Crippen molar-refractivity contribution in [3.8, 4) is 0 Å². The minimum atomic E-state index is -0.932. The lowest BCUT2D eigenvalue weighted by Crippen LogP contribution is -2.37. The molecule has 1 aliphatic rings.